The van der Waals surface area contributed by atoms with Crippen LogP contribution in [0.25, 0.3) is 0 Å². The van der Waals surface area contributed by atoms with Gasteiger partial charge < -0.3 is 10.6 Å². The predicted molar refractivity (Wildman–Crippen MR) is 67.3 cm³/mol. The quantitative estimate of drug-likeness (QED) is 0.752. The third kappa shape index (κ3) is 4.52. The molecule has 3 nitrogen and oxygen atoms in total. The molecule has 1 saturated heterocycles. The van der Waals surface area contributed by atoms with Crippen molar-refractivity contribution < 1.29 is 4.79 Å². The van der Waals surface area contributed by atoms with Gasteiger partial charge in [-0.2, -0.15) is 0 Å². The molecule has 1 rings (SSSR count). The van der Waals surface area contributed by atoms with Crippen LogP contribution in [0.3, 0.4) is 0 Å². The Morgan fingerprint density at radius 1 is 1.50 bits per heavy atom. The maximum atomic E-state index is 11.9. The first kappa shape index (κ1) is 13.5. The van der Waals surface area contributed by atoms with Gasteiger partial charge in [-0.25, -0.2) is 0 Å². The standard InChI is InChI=1S/C13H26N2O/c1-4-10(2)8-11(3)15-13(16)12-6-5-7-14-9-12/h10-12,14H,4-9H2,1-3H3,(H,15,16)/t10?,11?,12-/m1/s1. The number of carbonyl (C=O) groups is 1. The lowest BCUT2D eigenvalue weighted by atomic mass is 9.96. The van der Waals surface area contributed by atoms with Gasteiger partial charge >= 0.3 is 0 Å². The van der Waals surface area contributed by atoms with Gasteiger partial charge in [0.2, 0.25) is 5.91 Å². The van der Waals surface area contributed by atoms with Crippen LogP contribution in [0, 0.1) is 11.8 Å². The van der Waals surface area contributed by atoms with E-state index in [9.17, 15) is 4.79 Å². The normalized spacial score (nSPS) is 24.8. The maximum Gasteiger partial charge on any atom is 0.224 e. The largest absolute Gasteiger partial charge is 0.353 e. The summed E-state index contributed by atoms with van der Waals surface area (Å²) in [6, 6.07) is 0.310. The molecule has 2 unspecified atom stereocenters. The van der Waals surface area contributed by atoms with E-state index in [4.69, 9.17) is 0 Å². The molecule has 0 radical (unpaired) electrons. The number of carbonyl (C=O) groups excluding carboxylic acids is 1. The predicted octanol–water partition coefficient (Wildman–Crippen LogP) is 1.93. The Balaban J connectivity index is 2.26. The lowest BCUT2D eigenvalue weighted by Crippen LogP contribution is -2.43. The summed E-state index contributed by atoms with van der Waals surface area (Å²) in [5, 5.41) is 6.42. The number of hydrogen-bond donors (Lipinski definition) is 2. The number of rotatable bonds is 5. The fourth-order valence-corrected chi connectivity index (χ4v) is 2.27. The maximum absolute atomic E-state index is 11.9. The van der Waals surface area contributed by atoms with Crippen molar-refractivity contribution in [3.63, 3.8) is 0 Å². The van der Waals surface area contributed by atoms with Crippen LogP contribution in [0.15, 0.2) is 0 Å². The van der Waals surface area contributed by atoms with Crippen LogP contribution in [0.1, 0.15) is 46.5 Å². The van der Waals surface area contributed by atoms with Crippen molar-refractivity contribution in [1.29, 1.82) is 0 Å². The minimum absolute atomic E-state index is 0.188. The first-order valence-corrected chi connectivity index (χ1v) is 6.64. The smallest absolute Gasteiger partial charge is 0.224 e. The van der Waals surface area contributed by atoms with Crippen LogP contribution in [0.2, 0.25) is 0 Å². The Bertz CT molecular complexity index is 212. The first-order chi connectivity index (χ1) is 7.63. The number of piperidine rings is 1. The second-order valence-corrected chi connectivity index (χ2v) is 5.20. The highest BCUT2D eigenvalue weighted by atomic mass is 16.1. The van der Waals surface area contributed by atoms with E-state index in [1.165, 1.54) is 6.42 Å². The molecule has 16 heavy (non-hydrogen) atoms. The fourth-order valence-electron chi connectivity index (χ4n) is 2.27. The molecular weight excluding hydrogens is 200 g/mol. The number of nitrogens with one attached hydrogen (secondary N) is 2. The van der Waals surface area contributed by atoms with Crippen LogP contribution >= 0.6 is 0 Å². The third-order valence-corrected chi connectivity index (χ3v) is 3.51. The van der Waals surface area contributed by atoms with Gasteiger partial charge in [-0.15, -0.1) is 0 Å². The van der Waals surface area contributed by atoms with Crippen molar-refractivity contribution in [3.05, 3.63) is 0 Å². The van der Waals surface area contributed by atoms with Crippen molar-refractivity contribution in [2.45, 2.75) is 52.5 Å². The summed E-state index contributed by atoms with van der Waals surface area (Å²) in [6.07, 6.45) is 4.43. The van der Waals surface area contributed by atoms with Crippen molar-refractivity contribution in [2.75, 3.05) is 13.1 Å². The summed E-state index contributed by atoms with van der Waals surface area (Å²) in [4.78, 5) is 11.9. The van der Waals surface area contributed by atoms with E-state index in [-0.39, 0.29) is 11.8 Å². The van der Waals surface area contributed by atoms with E-state index in [0.717, 1.165) is 32.4 Å². The van der Waals surface area contributed by atoms with E-state index in [1.807, 2.05) is 0 Å². The molecule has 0 saturated carbocycles. The van der Waals surface area contributed by atoms with E-state index in [1.54, 1.807) is 0 Å². The number of amides is 1. The minimum atomic E-state index is 0.188. The molecule has 3 heteroatoms. The average molecular weight is 226 g/mol. The van der Waals surface area contributed by atoms with Crippen molar-refractivity contribution in [1.82, 2.24) is 10.6 Å². The van der Waals surface area contributed by atoms with E-state index in [2.05, 4.69) is 31.4 Å². The molecule has 1 aliphatic heterocycles. The highest BCUT2D eigenvalue weighted by molar-refractivity contribution is 5.79. The molecule has 0 bridgehead atoms. The Labute approximate surface area is 99.4 Å². The molecule has 2 N–H and O–H groups in total. The molecule has 0 spiro atoms. The van der Waals surface area contributed by atoms with E-state index < -0.39 is 0 Å². The zero-order chi connectivity index (χ0) is 12.0. The van der Waals surface area contributed by atoms with Crippen LogP contribution in [-0.4, -0.2) is 25.0 Å². The van der Waals surface area contributed by atoms with Gasteiger partial charge in [-0.3, -0.25) is 4.79 Å². The molecule has 0 aliphatic carbocycles. The van der Waals surface area contributed by atoms with Crippen molar-refractivity contribution in [3.8, 4) is 0 Å². The van der Waals surface area contributed by atoms with Gasteiger partial charge in [-0.05, 0) is 38.6 Å². The summed E-state index contributed by atoms with van der Waals surface area (Å²) in [7, 11) is 0. The zero-order valence-electron chi connectivity index (χ0n) is 10.9. The van der Waals surface area contributed by atoms with Crippen molar-refractivity contribution in [2.24, 2.45) is 11.8 Å². The Morgan fingerprint density at radius 3 is 2.81 bits per heavy atom. The van der Waals surface area contributed by atoms with Crippen LogP contribution in [0.4, 0.5) is 0 Å². The van der Waals surface area contributed by atoms with Gasteiger partial charge in [0.1, 0.15) is 0 Å². The van der Waals surface area contributed by atoms with Crippen molar-refractivity contribution >= 4 is 5.91 Å². The highest BCUT2D eigenvalue weighted by Gasteiger charge is 2.22. The molecule has 1 amide bonds. The summed E-state index contributed by atoms with van der Waals surface area (Å²) >= 11 is 0. The van der Waals surface area contributed by atoms with Crippen LogP contribution < -0.4 is 10.6 Å². The third-order valence-electron chi connectivity index (χ3n) is 3.51. The van der Waals surface area contributed by atoms with Gasteiger partial charge in [-0.1, -0.05) is 20.3 Å². The monoisotopic (exact) mass is 226 g/mol. The molecular formula is C13H26N2O. The molecule has 0 aromatic heterocycles. The summed E-state index contributed by atoms with van der Waals surface area (Å²) in [5.74, 6) is 1.12. The Hall–Kier alpha value is -0.570. The van der Waals surface area contributed by atoms with E-state index >= 15 is 0 Å². The lowest BCUT2D eigenvalue weighted by molar-refractivity contribution is -0.126. The molecule has 3 atom stereocenters. The fraction of sp³-hybridized carbons (Fsp3) is 0.923. The molecule has 0 aromatic carbocycles. The molecule has 0 aromatic rings. The highest BCUT2D eigenvalue weighted by Crippen LogP contribution is 2.13. The zero-order valence-corrected chi connectivity index (χ0v) is 10.9. The lowest BCUT2D eigenvalue weighted by Gasteiger charge is -2.25. The first-order valence-electron chi connectivity index (χ1n) is 6.64. The molecule has 1 fully saturated rings. The summed E-state index contributed by atoms with van der Waals surface area (Å²) < 4.78 is 0. The molecule has 1 aliphatic rings. The van der Waals surface area contributed by atoms with Crippen LogP contribution in [-0.2, 0) is 4.79 Å². The Morgan fingerprint density at radius 2 is 2.25 bits per heavy atom. The van der Waals surface area contributed by atoms with E-state index in [0.29, 0.717) is 12.0 Å². The SMILES string of the molecule is CCC(C)CC(C)NC(=O)[C@@H]1CCCNC1. The minimum Gasteiger partial charge on any atom is -0.353 e. The second-order valence-electron chi connectivity index (χ2n) is 5.20. The van der Waals surface area contributed by atoms with Gasteiger partial charge in [0.05, 0.1) is 5.92 Å². The van der Waals surface area contributed by atoms with Gasteiger partial charge in [0.15, 0.2) is 0 Å². The Kier molecular flexibility index (Phi) is 5.81. The van der Waals surface area contributed by atoms with Crippen LogP contribution in [0.5, 0.6) is 0 Å². The molecule has 1 heterocycles. The van der Waals surface area contributed by atoms with Gasteiger partial charge in [0.25, 0.3) is 0 Å². The topological polar surface area (TPSA) is 41.1 Å². The molecule has 94 valence electrons. The summed E-state index contributed by atoms with van der Waals surface area (Å²) in [5.41, 5.74) is 0. The van der Waals surface area contributed by atoms with Gasteiger partial charge in [0, 0.05) is 12.6 Å². The summed E-state index contributed by atoms with van der Waals surface area (Å²) in [6.45, 7) is 8.46. The average Bonchev–Trinajstić information content (AvgIpc) is 2.29. The number of hydrogen-bond acceptors (Lipinski definition) is 2. The second kappa shape index (κ2) is 6.89.